The number of aryl methyl sites for hydroxylation is 1. The molecule has 0 bridgehead atoms. The molecule has 92 valence electrons. The number of hydrogen-bond acceptors (Lipinski definition) is 2. The predicted octanol–water partition coefficient (Wildman–Crippen LogP) is 5.12. The maximum Gasteiger partial charge on any atom is 0.150 e. The second kappa shape index (κ2) is 5.67. The molecule has 2 aromatic carbocycles. The van der Waals surface area contributed by atoms with Crippen LogP contribution in [0.15, 0.2) is 45.3 Å². The van der Waals surface area contributed by atoms with E-state index in [4.69, 9.17) is 4.74 Å². The lowest BCUT2D eigenvalue weighted by Crippen LogP contribution is -1.88. The van der Waals surface area contributed by atoms with Gasteiger partial charge in [0.2, 0.25) is 0 Å². The third kappa shape index (κ3) is 3.00. The standard InChI is InChI=1S/C14H10Br2O2/c1-9-6-11(3-4-12(9)15)18-14-5-2-10(8-17)7-13(14)16/h2-8H,1H3. The monoisotopic (exact) mass is 368 g/mol. The normalized spacial score (nSPS) is 10.2. The van der Waals surface area contributed by atoms with Crippen LogP contribution in [0.5, 0.6) is 11.5 Å². The van der Waals surface area contributed by atoms with Gasteiger partial charge in [-0.1, -0.05) is 15.9 Å². The van der Waals surface area contributed by atoms with Crippen molar-refractivity contribution in [3.8, 4) is 11.5 Å². The van der Waals surface area contributed by atoms with Crippen LogP contribution in [0.25, 0.3) is 0 Å². The smallest absolute Gasteiger partial charge is 0.150 e. The van der Waals surface area contributed by atoms with Gasteiger partial charge in [0.1, 0.15) is 17.8 Å². The Morgan fingerprint density at radius 1 is 1.06 bits per heavy atom. The second-order valence-electron chi connectivity index (χ2n) is 3.82. The minimum Gasteiger partial charge on any atom is -0.456 e. The third-order valence-corrected chi connectivity index (χ3v) is 3.96. The molecule has 0 saturated carbocycles. The molecule has 0 unspecified atom stereocenters. The van der Waals surface area contributed by atoms with Gasteiger partial charge in [-0.25, -0.2) is 0 Å². The van der Waals surface area contributed by atoms with Crippen LogP contribution in [-0.4, -0.2) is 6.29 Å². The van der Waals surface area contributed by atoms with E-state index in [0.717, 1.165) is 26.5 Å². The quantitative estimate of drug-likeness (QED) is 0.701. The van der Waals surface area contributed by atoms with Crippen LogP contribution in [0.3, 0.4) is 0 Å². The van der Waals surface area contributed by atoms with Gasteiger partial charge in [0.15, 0.2) is 0 Å². The van der Waals surface area contributed by atoms with Crippen LogP contribution in [0.4, 0.5) is 0 Å². The molecule has 0 aliphatic heterocycles. The number of ether oxygens (including phenoxy) is 1. The lowest BCUT2D eigenvalue weighted by atomic mass is 10.2. The van der Waals surface area contributed by atoms with Crippen molar-refractivity contribution in [2.75, 3.05) is 0 Å². The van der Waals surface area contributed by atoms with Crippen molar-refractivity contribution in [3.63, 3.8) is 0 Å². The fourth-order valence-corrected chi connectivity index (χ4v) is 2.20. The van der Waals surface area contributed by atoms with Crippen molar-refractivity contribution >= 4 is 38.1 Å². The minimum atomic E-state index is 0.612. The molecule has 2 rings (SSSR count). The SMILES string of the molecule is Cc1cc(Oc2ccc(C=O)cc2Br)ccc1Br. The molecule has 0 heterocycles. The molecule has 2 aromatic rings. The number of carbonyl (C=O) groups excluding carboxylic acids is 1. The molecule has 0 N–H and O–H groups in total. The molecule has 18 heavy (non-hydrogen) atoms. The van der Waals surface area contributed by atoms with Crippen LogP contribution in [0.2, 0.25) is 0 Å². The fourth-order valence-electron chi connectivity index (χ4n) is 1.48. The summed E-state index contributed by atoms with van der Waals surface area (Å²) in [7, 11) is 0. The number of rotatable bonds is 3. The summed E-state index contributed by atoms with van der Waals surface area (Å²) in [5.41, 5.74) is 1.72. The van der Waals surface area contributed by atoms with Crippen molar-refractivity contribution in [3.05, 3.63) is 56.5 Å². The zero-order valence-electron chi connectivity index (χ0n) is 9.61. The Kier molecular flexibility index (Phi) is 4.19. The molecule has 0 aliphatic rings. The maximum absolute atomic E-state index is 10.6. The van der Waals surface area contributed by atoms with Crippen LogP contribution in [0, 0.1) is 6.92 Å². The number of benzene rings is 2. The first-order chi connectivity index (χ1) is 8.60. The van der Waals surface area contributed by atoms with Crippen molar-refractivity contribution < 1.29 is 9.53 Å². The maximum atomic E-state index is 10.6. The van der Waals surface area contributed by atoms with E-state index >= 15 is 0 Å². The Morgan fingerprint density at radius 3 is 2.44 bits per heavy atom. The molecular weight excluding hydrogens is 360 g/mol. The first-order valence-corrected chi connectivity index (χ1v) is 6.87. The van der Waals surface area contributed by atoms with E-state index in [1.165, 1.54) is 0 Å². The van der Waals surface area contributed by atoms with E-state index in [1.54, 1.807) is 18.2 Å². The minimum absolute atomic E-state index is 0.612. The highest BCUT2D eigenvalue weighted by molar-refractivity contribution is 9.10. The summed E-state index contributed by atoms with van der Waals surface area (Å²) in [6.07, 6.45) is 0.804. The molecule has 0 radical (unpaired) electrons. The Balaban J connectivity index is 2.28. The molecule has 0 fully saturated rings. The first-order valence-electron chi connectivity index (χ1n) is 5.29. The summed E-state index contributed by atoms with van der Waals surface area (Å²) in [5, 5.41) is 0. The topological polar surface area (TPSA) is 26.3 Å². The lowest BCUT2D eigenvalue weighted by molar-refractivity contribution is 0.112. The Hall–Kier alpha value is -1.13. The number of aldehydes is 1. The van der Waals surface area contributed by atoms with Crippen molar-refractivity contribution in [1.82, 2.24) is 0 Å². The van der Waals surface area contributed by atoms with E-state index in [1.807, 2.05) is 25.1 Å². The predicted molar refractivity (Wildman–Crippen MR) is 78.5 cm³/mol. The second-order valence-corrected chi connectivity index (χ2v) is 5.53. The third-order valence-electron chi connectivity index (χ3n) is 2.45. The average Bonchev–Trinajstić information content (AvgIpc) is 2.36. The van der Waals surface area contributed by atoms with Gasteiger partial charge >= 0.3 is 0 Å². The molecule has 0 amide bonds. The van der Waals surface area contributed by atoms with Gasteiger partial charge in [0, 0.05) is 10.0 Å². The van der Waals surface area contributed by atoms with Crippen molar-refractivity contribution in [2.45, 2.75) is 6.92 Å². The molecular formula is C14H10Br2O2. The van der Waals surface area contributed by atoms with Gasteiger partial charge in [0.25, 0.3) is 0 Å². The van der Waals surface area contributed by atoms with Gasteiger partial charge in [-0.05, 0) is 64.8 Å². The molecule has 2 nitrogen and oxygen atoms in total. The Morgan fingerprint density at radius 2 is 1.83 bits per heavy atom. The van der Waals surface area contributed by atoms with E-state index in [9.17, 15) is 4.79 Å². The summed E-state index contributed by atoms with van der Waals surface area (Å²) in [6, 6.07) is 11.0. The summed E-state index contributed by atoms with van der Waals surface area (Å²) in [6.45, 7) is 2.00. The Bertz CT molecular complexity index is 594. The first kappa shape index (κ1) is 13.3. The largest absolute Gasteiger partial charge is 0.456 e. The van der Waals surface area contributed by atoms with Gasteiger partial charge in [-0.15, -0.1) is 0 Å². The number of halogens is 2. The van der Waals surface area contributed by atoms with Crippen molar-refractivity contribution in [1.29, 1.82) is 0 Å². The Labute approximate surface area is 122 Å². The van der Waals surface area contributed by atoms with Crippen molar-refractivity contribution in [2.24, 2.45) is 0 Å². The number of hydrogen-bond donors (Lipinski definition) is 0. The van der Waals surface area contributed by atoms with Crippen LogP contribution < -0.4 is 4.74 Å². The molecule has 0 saturated heterocycles. The fraction of sp³-hybridized carbons (Fsp3) is 0.0714. The molecule has 0 aromatic heterocycles. The lowest BCUT2D eigenvalue weighted by Gasteiger charge is -2.09. The van der Waals surface area contributed by atoms with E-state index in [0.29, 0.717) is 11.3 Å². The summed E-state index contributed by atoms with van der Waals surface area (Å²) >= 11 is 6.83. The molecule has 0 spiro atoms. The molecule has 4 heteroatoms. The summed E-state index contributed by atoms with van der Waals surface area (Å²) < 4.78 is 7.56. The van der Waals surface area contributed by atoms with E-state index in [-0.39, 0.29) is 0 Å². The highest BCUT2D eigenvalue weighted by Gasteiger charge is 2.05. The zero-order chi connectivity index (χ0) is 13.1. The highest BCUT2D eigenvalue weighted by Crippen LogP contribution is 2.31. The number of carbonyl (C=O) groups is 1. The highest BCUT2D eigenvalue weighted by atomic mass is 79.9. The average molecular weight is 370 g/mol. The van der Waals surface area contributed by atoms with Crippen LogP contribution >= 0.6 is 31.9 Å². The van der Waals surface area contributed by atoms with E-state index in [2.05, 4.69) is 31.9 Å². The molecule has 0 aliphatic carbocycles. The molecule has 0 atom stereocenters. The van der Waals surface area contributed by atoms with Gasteiger partial charge < -0.3 is 4.74 Å². The summed E-state index contributed by atoms with van der Waals surface area (Å²) in [5.74, 6) is 1.44. The van der Waals surface area contributed by atoms with Gasteiger partial charge in [-0.3, -0.25) is 4.79 Å². The zero-order valence-corrected chi connectivity index (χ0v) is 12.8. The van der Waals surface area contributed by atoms with Crippen LogP contribution in [0.1, 0.15) is 15.9 Å². The van der Waals surface area contributed by atoms with Crippen LogP contribution in [-0.2, 0) is 0 Å². The van der Waals surface area contributed by atoms with Gasteiger partial charge in [0.05, 0.1) is 4.47 Å². The van der Waals surface area contributed by atoms with Gasteiger partial charge in [-0.2, -0.15) is 0 Å². The van der Waals surface area contributed by atoms with E-state index < -0.39 is 0 Å². The summed E-state index contributed by atoms with van der Waals surface area (Å²) in [4.78, 5) is 10.6.